The van der Waals surface area contributed by atoms with E-state index in [4.69, 9.17) is 10.3 Å². The molecule has 0 radical (unpaired) electrons. The van der Waals surface area contributed by atoms with E-state index in [2.05, 4.69) is 31.2 Å². The third-order valence-electron chi connectivity index (χ3n) is 2.21. The van der Waals surface area contributed by atoms with Gasteiger partial charge in [0.05, 0.1) is 20.5 Å². The van der Waals surface area contributed by atoms with Gasteiger partial charge in [0.2, 0.25) is 11.7 Å². The lowest BCUT2D eigenvalue weighted by atomic mass is 10.4. The normalized spacial score (nSPS) is 10.9. The number of nitrogen functional groups attached to an aromatic ring is 1. The molecular formula is C10H8BrN5OS. The zero-order valence-electron chi connectivity index (χ0n) is 9.08. The summed E-state index contributed by atoms with van der Waals surface area (Å²) >= 11 is 4.95. The van der Waals surface area contributed by atoms with Crippen LogP contribution in [0.2, 0.25) is 0 Å². The van der Waals surface area contributed by atoms with E-state index >= 15 is 0 Å². The van der Waals surface area contributed by atoms with Gasteiger partial charge in [-0.25, -0.2) is 0 Å². The standard InChI is InChI=1S/C10H8BrN5OS/c11-8-2-1-7(18-8)10-14-9(17-15-10)5-16-4-6(12)3-13-16/h1-4H,5,12H2. The maximum absolute atomic E-state index is 5.58. The molecule has 0 aromatic carbocycles. The Balaban J connectivity index is 1.81. The molecule has 0 aliphatic rings. The number of hydrogen-bond donors (Lipinski definition) is 1. The largest absolute Gasteiger partial charge is 0.396 e. The Hall–Kier alpha value is -1.67. The van der Waals surface area contributed by atoms with Crippen LogP contribution >= 0.6 is 27.3 Å². The van der Waals surface area contributed by atoms with E-state index in [1.165, 1.54) is 0 Å². The molecule has 0 bridgehead atoms. The minimum atomic E-state index is 0.413. The predicted molar refractivity (Wildman–Crippen MR) is 71.1 cm³/mol. The highest BCUT2D eigenvalue weighted by Gasteiger charge is 2.11. The first-order valence-corrected chi connectivity index (χ1v) is 6.68. The molecule has 0 aliphatic heterocycles. The summed E-state index contributed by atoms with van der Waals surface area (Å²) in [6.07, 6.45) is 3.29. The number of nitrogens with zero attached hydrogens (tertiary/aromatic N) is 4. The Morgan fingerprint density at radius 2 is 2.33 bits per heavy atom. The highest BCUT2D eigenvalue weighted by Crippen LogP contribution is 2.29. The Kier molecular flexibility index (Phi) is 2.88. The number of anilines is 1. The van der Waals surface area contributed by atoms with Gasteiger partial charge in [0, 0.05) is 6.20 Å². The van der Waals surface area contributed by atoms with E-state index in [1.807, 2.05) is 12.1 Å². The fourth-order valence-corrected chi connectivity index (χ4v) is 2.77. The molecule has 92 valence electrons. The fourth-order valence-electron chi connectivity index (χ4n) is 1.46. The van der Waals surface area contributed by atoms with Gasteiger partial charge in [-0.1, -0.05) is 5.16 Å². The van der Waals surface area contributed by atoms with E-state index in [0.717, 1.165) is 8.66 Å². The summed E-state index contributed by atoms with van der Waals surface area (Å²) in [7, 11) is 0. The van der Waals surface area contributed by atoms with Crippen molar-refractivity contribution in [2.24, 2.45) is 0 Å². The first-order chi connectivity index (χ1) is 8.70. The molecule has 3 rings (SSSR count). The Morgan fingerprint density at radius 3 is 3.00 bits per heavy atom. The van der Waals surface area contributed by atoms with Crippen molar-refractivity contribution >= 4 is 33.0 Å². The second-order valence-corrected chi connectivity index (χ2v) is 6.05. The molecule has 2 N–H and O–H groups in total. The van der Waals surface area contributed by atoms with Gasteiger partial charge in [0.15, 0.2) is 0 Å². The van der Waals surface area contributed by atoms with Crippen molar-refractivity contribution in [3.63, 3.8) is 0 Å². The van der Waals surface area contributed by atoms with Crippen molar-refractivity contribution in [1.82, 2.24) is 19.9 Å². The summed E-state index contributed by atoms with van der Waals surface area (Å²) in [5.41, 5.74) is 6.19. The van der Waals surface area contributed by atoms with Crippen molar-refractivity contribution in [2.75, 3.05) is 5.73 Å². The molecular weight excluding hydrogens is 318 g/mol. The van der Waals surface area contributed by atoms with Crippen LogP contribution < -0.4 is 5.73 Å². The van der Waals surface area contributed by atoms with Gasteiger partial charge in [-0.2, -0.15) is 10.1 Å². The van der Waals surface area contributed by atoms with Crippen molar-refractivity contribution in [2.45, 2.75) is 6.54 Å². The summed E-state index contributed by atoms with van der Waals surface area (Å²) in [5, 5.41) is 7.99. The van der Waals surface area contributed by atoms with Gasteiger partial charge in [-0.15, -0.1) is 11.3 Å². The number of hydrogen-bond acceptors (Lipinski definition) is 6. The smallest absolute Gasteiger partial charge is 0.248 e. The summed E-state index contributed by atoms with van der Waals surface area (Å²) in [6, 6.07) is 3.89. The molecule has 0 unspecified atom stereocenters. The van der Waals surface area contributed by atoms with Gasteiger partial charge >= 0.3 is 0 Å². The van der Waals surface area contributed by atoms with Gasteiger partial charge < -0.3 is 10.3 Å². The van der Waals surface area contributed by atoms with Crippen LogP contribution in [0.5, 0.6) is 0 Å². The molecule has 6 nitrogen and oxygen atoms in total. The Morgan fingerprint density at radius 1 is 1.44 bits per heavy atom. The first-order valence-electron chi connectivity index (χ1n) is 5.07. The monoisotopic (exact) mass is 325 g/mol. The lowest BCUT2D eigenvalue weighted by Crippen LogP contribution is -2.00. The lowest BCUT2D eigenvalue weighted by Gasteiger charge is -1.93. The Labute approximate surface area is 115 Å². The van der Waals surface area contributed by atoms with Crippen LogP contribution in [0.1, 0.15) is 5.89 Å². The van der Waals surface area contributed by atoms with Crippen LogP contribution in [-0.2, 0) is 6.54 Å². The van der Waals surface area contributed by atoms with E-state index in [0.29, 0.717) is 23.9 Å². The average Bonchev–Trinajstić information content (AvgIpc) is 3.01. The minimum Gasteiger partial charge on any atom is -0.396 e. The van der Waals surface area contributed by atoms with Crippen LogP contribution in [0, 0.1) is 0 Å². The zero-order valence-corrected chi connectivity index (χ0v) is 11.5. The zero-order chi connectivity index (χ0) is 12.5. The average molecular weight is 326 g/mol. The third-order valence-corrected chi connectivity index (χ3v) is 3.83. The highest BCUT2D eigenvalue weighted by atomic mass is 79.9. The maximum atomic E-state index is 5.58. The van der Waals surface area contributed by atoms with E-state index < -0.39 is 0 Å². The van der Waals surface area contributed by atoms with Crippen LogP contribution in [0.4, 0.5) is 5.69 Å². The lowest BCUT2D eigenvalue weighted by molar-refractivity contribution is 0.366. The molecule has 3 heterocycles. The highest BCUT2D eigenvalue weighted by molar-refractivity contribution is 9.11. The van der Waals surface area contributed by atoms with Crippen LogP contribution in [-0.4, -0.2) is 19.9 Å². The summed E-state index contributed by atoms with van der Waals surface area (Å²) in [4.78, 5) is 5.26. The van der Waals surface area contributed by atoms with Crippen LogP contribution in [0.15, 0.2) is 32.8 Å². The third kappa shape index (κ3) is 2.29. The van der Waals surface area contributed by atoms with E-state index in [1.54, 1.807) is 28.4 Å². The number of thiophene rings is 1. The fraction of sp³-hybridized carbons (Fsp3) is 0.100. The molecule has 0 spiro atoms. The Bertz CT molecular complexity index is 673. The minimum absolute atomic E-state index is 0.413. The molecule has 0 atom stereocenters. The second kappa shape index (κ2) is 4.54. The van der Waals surface area contributed by atoms with Gasteiger partial charge in [0.1, 0.15) is 6.54 Å². The first kappa shape index (κ1) is 11.4. The summed E-state index contributed by atoms with van der Waals surface area (Å²) in [5.74, 6) is 1.08. The molecule has 0 saturated heterocycles. The van der Waals surface area contributed by atoms with Gasteiger partial charge in [0.25, 0.3) is 0 Å². The van der Waals surface area contributed by atoms with Crippen molar-refractivity contribution in [3.8, 4) is 10.7 Å². The molecule has 3 aromatic heterocycles. The second-order valence-electron chi connectivity index (χ2n) is 3.59. The number of halogens is 1. The molecule has 0 amide bonds. The number of nitrogens with two attached hydrogens (primary N) is 1. The molecule has 0 aliphatic carbocycles. The topological polar surface area (TPSA) is 82.8 Å². The summed E-state index contributed by atoms with van der Waals surface area (Å²) in [6.45, 7) is 0.413. The van der Waals surface area contributed by atoms with Crippen molar-refractivity contribution in [1.29, 1.82) is 0 Å². The number of rotatable bonds is 3. The quantitative estimate of drug-likeness (QED) is 0.799. The van der Waals surface area contributed by atoms with Gasteiger partial charge in [-0.3, -0.25) is 4.68 Å². The molecule has 0 fully saturated rings. The van der Waals surface area contributed by atoms with Crippen LogP contribution in [0.3, 0.4) is 0 Å². The number of aromatic nitrogens is 4. The van der Waals surface area contributed by atoms with Crippen molar-refractivity contribution in [3.05, 3.63) is 34.2 Å². The molecule has 0 saturated carbocycles. The SMILES string of the molecule is Nc1cnn(Cc2nc(-c3ccc(Br)s3)no2)c1. The molecule has 8 heteroatoms. The molecule has 18 heavy (non-hydrogen) atoms. The van der Waals surface area contributed by atoms with E-state index in [9.17, 15) is 0 Å². The molecule has 3 aromatic rings. The van der Waals surface area contributed by atoms with Crippen LogP contribution in [0.25, 0.3) is 10.7 Å². The van der Waals surface area contributed by atoms with Gasteiger partial charge in [-0.05, 0) is 28.1 Å². The van der Waals surface area contributed by atoms with Crippen molar-refractivity contribution < 1.29 is 4.52 Å². The summed E-state index contributed by atoms with van der Waals surface area (Å²) < 4.78 is 7.85. The predicted octanol–water partition coefficient (Wildman–Crippen LogP) is 2.39. The maximum Gasteiger partial charge on any atom is 0.248 e. The van der Waals surface area contributed by atoms with E-state index in [-0.39, 0.29) is 0 Å².